The maximum atomic E-state index is 6.05. The van der Waals surface area contributed by atoms with Gasteiger partial charge in [-0.2, -0.15) is 5.10 Å². The number of hydrogen-bond acceptors (Lipinski definition) is 1. The molecule has 0 aliphatic carbocycles. The number of rotatable bonds is 4. The average molecular weight is 201 g/mol. The van der Waals surface area contributed by atoms with Crippen molar-refractivity contribution in [3.63, 3.8) is 0 Å². The molecule has 0 aromatic carbocycles. The normalized spacial score (nSPS) is 15.7. The summed E-state index contributed by atoms with van der Waals surface area (Å²) in [6.45, 7) is 7.30. The van der Waals surface area contributed by atoms with Crippen molar-refractivity contribution in [1.82, 2.24) is 9.78 Å². The molecule has 0 bridgehead atoms. The van der Waals surface area contributed by atoms with Crippen LogP contribution in [0.5, 0.6) is 0 Å². The van der Waals surface area contributed by atoms with Gasteiger partial charge < -0.3 is 0 Å². The summed E-state index contributed by atoms with van der Waals surface area (Å²) in [4.78, 5) is 0. The third kappa shape index (κ3) is 2.47. The van der Waals surface area contributed by atoms with Gasteiger partial charge in [0.2, 0.25) is 0 Å². The van der Waals surface area contributed by atoms with Crippen molar-refractivity contribution in [3.8, 4) is 0 Å². The summed E-state index contributed by atoms with van der Waals surface area (Å²) in [5, 5.41) is 4.43. The fourth-order valence-corrected chi connectivity index (χ4v) is 1.49. The van der Waals surface area contributed by atoms with Crippen molar-refractivity contribution in [2.75, 3.05) is 0 Å². The van der Waals surface area contributed by atoms with E-state index in [0.717, 1.165) is 13.0 Å². The maximum absolute atomic E-state index is 6.05. The molecule has 74 valence electrons. The van der Waals surface area contributed by atoms with E-state index in [1.807, 2.05) is 17.8 Å². The molecule has 0 spiro atoms. The summed E-state index contributed by atoms with van der Waals surface area (Å²) in [6.07, 6.45) is 2.96. The van der Waals surface area contributed by atoms with Crippen molar-refractivity contribution >= 4 is 11.6 Å². The first-order valence-corrected chi connectivity index (χ1v) is 5.26. The van der Waals surface area contributed by atoms with Crippen molar-refractivity contribution in [3.05, 3.63) is 18.0 Å². The van der Waals surface area contributed by atoms with Crippen LogP contribution in [0.15, 0.2) is 12.3 Å². The zero-order valence-corrected chi connectivity index (χ0v) is 9.25. The van der Waals surface area contributed by atoms with Crippen LogP contribution in [0, 0.1) is 0 Å². The summed E-state index contributed by atoms with van der Waals surface area (Å²) >= 11 is 6.05. The highest BCUT2D eigenvalue weighted by Crippen LogP contribution is 2.22. The van der Waals surface area contributed by atoms with Gasteiger partial charge in [-0.3, -0.25) is 4.68 Å². The quantitative estimate of drug-likeness (QED) is 0.684. The number of alkyl halides is 1. The molecule has 0 radical (unpaired) electrons. The minimum Gasteiger partial charge on any atom is -0.269 e. The molecule has 0 fully saturated rings. The van der Waals surface area contributed by atoms with E-state index < -0.39 is 0 Å². The molecule has 0 amide bonds. The summed E-state index contributed by atoms with van der Waals surface area (Å²) < 4.78 is 2.05. The molecule has 1 aromatic rings. The summed E-state index contributed by atoms with van der Waals surface area (Å²) in [7, 11) is 0. The number of aromatic nitrogens is 2. The predicted octanol–water partition coefficient (Wildman–Crippen LogP) is 3.02. The van der Waals surface area contributed by atoms with E-state index in [1.165, 1.54) is 5.69 Å². The van der Waals surface area contributed by atoms with Crippen LogP contribution < -0.4 is 0 Å². The molecule has 0 saturated carbocycles. The van der Waals surface area contributed by atoms with E-state index in [-0.39, 0.29) is 5.38 Å². The monoisotopic (exact) mass is 200 g/mol. The molecule has 13 heavy (non-hydrogen) atoms. The first-order chi connectivity index (χ1) is 6.16. The van der Waals surface area contributed by atoms with Gasteiger partial charge in [0.25, 0.3) is 0 Å². The van der Waals surface area contributed by atoms with Crippen LogP contribution in [0.3, 0.4) is 0 Å². The Morgan fingerprint density at radius 1 is 1.54 bits per heavy atom. The molecule has 0 aliphatic heterocycles. The predicted molar refractivity (Wildman–Crippen MR) is 56.2 cm³/mol. The van der Waals surface area contributed by atoms with Crippen LogP contribution in [-0.2, 0) is 6.54 Å². The van der Waals surface area contributed by atoms with Gasteiger partial charge in [-0.15, -0.1) is 11.6 Å². The van der Waals surface area contributed by atoms with Crippen molar-refractivity contribution in [2.24, 2.45) is 0 Å². The van der Waals surface area contributed by atoms with Gasteiger partial charge >= 0.3 is 0 Å². The topological polar surface area (TPSA) is 17.8 Å². The fraction of sp³-hybridized carbons (Fsp3) is 0.700. The van der Waals surface area contributed by atoms with E-state index in [4.69, 9.17) is 11.6 Å². The largest absolute Gasteiger partial charge is 0.269 e. The molecule has 1 aromatic heterocycles. The number of nitrogens with zero attached hydrogens (tertiary/aromatic N) is 2. The molecule has 0 N–H and O–H groups in total. The molecule has 2 atom stereocenters. The van der Waals surface area contributed by atoms with Crippen LogP contribution in [0.2, 0.25) is 0 Å². The lowest BCUT2D eigenvalue weighted by molar-refractivity contribution is 0.543. The standard InChI is InChI=1S/C10H17ClN2/c1-4-7-13-10(5-6-12-13)8(2)9(3)11/h5-6,8-9H,4,7H2,1-3H3. The minimum absolute atomic E-state index is 0.160. The Bertz CT molecular complexity index is 255. The lowest BCUT2D eigenvalue weighted by Crippen LogP contribution is -2.12. The molecular formula is C10H17ClN2. The average Bonchev–Trinajstić information content (AvgIpc) is 2.52. The second kappa shape index (κ2) is 4.66. The Balaban J connectivity index is 2.80. The highest BCUT2D eigenvalue weighted by atomic mass is 35.5. The van der Waals surface area contributed by atoms with Gasteiger partial charge in [-0.05, 0) is 19.4 Å². The molecule has 2 nitrogen and oxygen atoms in total. The lowest BCUT2D eigenvalue weighted by atomic mass is 10.0. The molecule has 1 heterocycles. The number of halogens is 1. The molecular weight excluding hydrogens is 184 g/mol. The smallest absolute Gasteiger partial charge is 0.0492 e. The Hall–Kier alpha value is -0.500. The van der Waals surface area contributed by atoms with E-state index in [9.17, 15) is 0 Å². The van der Waals surface area contributed by atoms with E-state index in [2.05, 4.69) is 25.0 Å². The summed E-state index contributed by atoms with van der Waals surface area (Å²) in [5.74, 6) is 0.371. The van der Waals surface area contributed by atoms with E-state index >= 15 is 0 Å². The molecule has 3 heteroatoms. The van der Waals surface area contributed by atoms with Crippen LogP contribution in [0.4, 0.5) is 0 Å². The third-order valence-electron chi connectivity index (χ3n) is 2.34. The highest BCUT2D eigenvalue weighted by molar-refractivity contribution is 6.20. The van der Waals surface area contributed by atoms with Crippen molar-refractivity contribution in [1.29, 1.82) is 0 Å². The second-order valence-electron chi connectivity index (χ2n) is 3.45. The van der Waals surface area contributed by atoms with Gasteiger partial charge in [0, 0.05) is 29.7 Å². The molecule has 0 aliphatic rings. The van der Waals surface area contributed by atoms with Crippen LogP contribution in [0.25, 0.3) is 0 Å². The first-order valence-electron chi connectivity index (χ1n) is 4.82. The van der Waals surface area contributed by atoms with Gasteiger partial charge in [0.1, 0.15) is 0 Å². The maximum Gasteiger partial charge on any atom is 0.0492 e. The van der Waals surface area contributed by atoms with Crippen molar-refractivity contribution in [2.45, 2.75) is 45.0 Å². The van der Waals surface area contributed by atoms with Crippen LogP contribution in [0.1, 0.15) is 38.8 Å². The summed E-state index contributed by atoms with van der Waals surface area (Å²) in [5.41, 5.74) is 1.24. The van der Waals surface area contributed by atoms with Crippen LogP contribution in [-0.4, -0.2) is 15.2 Å². The van der Waals surface area contributed by atoms with Crippen molar-refractivity contribution < 1.29 is 0 Å². The Labute approximate surface area is 84.9 Å². The molecule has 2 unspecified atom stereocenters. The van der Waals surface area contributed by atoms with Gasteiger partial charge in [0.15, 0.2) is 0 Å². The summed E-state index contributed by atoms with van der Waals surface area (Å²) in [6, 6.07) is 2.05. The van der Waals surface area contributed by atoms with Gasteiger partial charge in [-0.1, -0.05) is 13.8 Å². The fourth-order valence-electron chi connectivity index (χ4n) is 1.36. The zero-order chi connectivity index (χ0) is 9.84. The third-order valence-corrected chi connectivity index (χ3v) is 2.72. The number of hydrogen-bond donors (Lipinski definition) is 0. The Morgan fingerprint density at radius 2 is 2.23 bits per heavy atom. The Morgan fingerprint density at radius 3 is 2.77 bits per heavy atom. The second-order valence-corrected chi connectivity index (χ2v) is 4.13. The van der Waals surface area contributed by atoms with E-state index in [0.29, 0.717) is 5.92 Å². The van der Waals surface area contributed by atoms with Crippen LogP contribution >= 0.6 is 11.6 Å². The van der Waals surface area contributed by atoms with Gasteiger partial charge in [0.05, 0.1) is 0 Å². The Kier molecular flexibility index (Phi) is 3.79. The molecule has 1 rings (SSSR count). The van der Waals surface area contributed by atoms with Gasteiger partial charge in [-0.25, -0.2) is 0 Å². The SMILES string of the molecule is CCCn1nccc1C(C)C(C)Cl. The first kappa shape index (κ1) is 10.6. The minimum atomic E-state index is 0.160. The van der Waals surface area contributed by atoms with E-state index in [1.54, 1.807) is 0 Å². The number of aryl methyl sites for hydroxylation is 1. The zero-order valence-electron chi connectivity index (χ0n) is 8.50. The molecule has 0 saturated heterocycles. The highest BCUT2D eigenvalue weighted by Gasteiger charge is 2.15. The lowest BCUT2D eigenvalue weighted by Gasteiger charge is -2.15.